The Bertz CT molecular complexity index is 652. The van der Waals surface area contributed by atoms with Crippen LogP contribution in [0.4, 0.5) is 0 Å². The zero-order valence-corrected chi connectivity index (χ0v) is 10.0. The Morgan fingerprint density at radius 1 is 1.18 bits per heavy atom. The van der Waals surface area contributed by atoms with Crippen molar-refractivity contribution in [3.05, 3.63) is 42.2 Å². The lowest BCUT2D eigenvalue weighted by Crippen LogP contribution is -1.83. The van der Waals surface area contributed by atoms with Crippen molar-refractivity contribution in [2.75, 3.05) is 0 Å². The molecule has 0 amide bonds. The summed E-state index contributed by atoms with van der Waals surface area (Å²) < 4.78 is 0. The number of fused-ring (bicyclic) bond motifs is 3. The predicted molar refractivity (Wildman–Crippen MR) is 72.2 cm³/mol. The number of pyridine rings is 1. The van der Waals surface area contributed by atoms with E-state index in [-0.39, 0.29) is 0 Å². The van der Waals surface area contributed by atoms with E-state index in [0.29, 0.717) is 0 Å². The molecule has 0 saturated carbocycles. The summed E-state index contributed by atoms with van der Waals surface area (Å²) in [5.41, 5.74) is 3.57. The molecule has 2 heteroatoms. The molecule has 0 fully saturated rings. The Labute approximate surface area is 101 Å². The molecule has 17 heavy (non-hydrogen) atoms. The van der Waals surface area contributed by atoms with Gasteiger partial charge < -0.3 is 4.98 Å². The lowest BCUT2D eigenvalue weighted by atomic mass is 10.1. The highest BCUT2D eigenvalue weighted by atomic mass is 14.8. The molecule has 0 aliphatic carbocycles. The Balaban J connectivity index is 2.17. The molecule has 0 unspecified atom stereocenters. The number of rotatable bonds is 3. The molecule has 1 N–H and O–H groups in total. The molecule has 2 heterocycles. The summed E-state index contributed by atoms with van der Waals surface area (Å²) in [6.07, 6.45) is 5.44. The molecule has 0 radical (unpaired) electrons. The predicted octanol–water partition coefficient (Wildman–Crippen LogP) is 4.06. The lowest BCUT2D eigenvalue weighted by Gasteiger charge is -1.97. The smallest absolute Gasteiger partial charge is 0.0942 e. The van der Waals surface area contributed by atoms with Gasteiger partial charge in [0.05, 0.1) is 11.0 Å². The van der Waals surface area contributed by atoms with Gasteiger partial charge in [0.1, 0.15) is 0 Å². The zero-order valence-electron chi connectivity index (χ0n) is 10.0. The Morgan fingerprint density at radius 3 is 2.94 bits per heavy atom. The van der Waals surface area contributed by atoms with Crippen molar-refractivity contribution in [1.29, 1.82) is 0 Å². The second kappa shape index (κ2) is 4.21. The SMILES string of the molecule is CCCCc1cc2ccc3cccnc3c2[nH]1. The van der Waals surface area contributed by atoms with E-state index in [2.05, 4.69) is 41.2 Å². The van der Waals surface area contributed by atoms with Gasteiger partial charge in [-0.2, -0.15) is 0 Å². The molecule has 3 aromatic rings. The minimum absolute atomic E-state index is 1.08. The van der Waals surface area contributed by atoms with E-state index < -0.39 is 0 Å². The molecule has 0 aliphatic rings. The molecule has 2 aromatic heterocycles. The van der Waals surface area contributed by atoms with Crippen LogP contribution in [0.2, 0.25) is 0 Å². The van der Waals surface area contributed by atoms with E-state index in [1.165, 1.54) is 34.8 Å². The second-order valence-corrected chi connectivity index (χ2v) is 4.50. The van der Waals surface area contributed by atoms with Crippen LogP contribution < -0.4 is 0 Å². The number of benzene rings is 1. The first-order valence-electron chi connectivity index (χ1n) is 6.24. The summed E-state index contributed by atoms with van der Waals surface area (Å²) >= 11 is 0. The van der Waals surface area contributed by atoms with E-state index in [9.17, 15) is 0 Å². The largest absolute Gasteiger partial charge is 0.357 e. The summed E-state index contributed by atoms with van der Waals surface area (Å²) in [7, 11) is 0. The van der Waals surface area contributed by atoms with E-state index >= 15 is 0 Å². The third-order valence-electron chi connectivity index (χ3n) is 3.22. The van der Waals surface area contributed by atoms with Crippen molar-refractivity contribution in [2.24, 2.45) is 0 Å². The van der Waals surface area contributed by atoms with Gasteiger partial charge >= 0.3 is 0 Å². The topological polar surface area (TPSA) is 28.7 Å². The number of aryl methyl sites for hydroxylation is 1. The zero-order chi connectivity index (χ0) is 11.7. The number of hydrogen-bond acceptors (Lipinski definition) is 1. The molecule has 1 aromatic carbocycles. The fraction of sp³-hybridized carbons (Fsp3) is 0.267. The first kappa shape index (κ1) is 10.3. The minimum atomic E-state index is 1.08. The molecule has 0 saturated heterocycles. The molecule has 86 valence electrons. The maximum atomic E-state index is 4.47. The molecular weight excluding hydrogens is 208 g/mol. The first-order chi connectivity index (χ1) is 8.38. The van der Waals surface area contributed by atoms with Gasteiger partial charge in [-0.1, -0.05) is 31.5 Å². The van der Waals surface area contributed by atoms with Crippen molar-refractivity contribution >= 4 is 21.8 Å². The molecule has 0 bridgehead atoms. The minimum Gasteiger partial charge on any atom is -0.357 e. The average Bonchev–Trinajstić information content (AvgIpc) is 2.79. The van der Waals surface area contributed by atoms with E-state index in [1.807, 2.05) is 12.3 Å². The van der Waals surface area contributed by atoms with Gasteiger partial charge in [-0.25, -0.2) is 0 Å². The molecule has 2 nitrogen and oxygen atoms in total. The highest BCUT2D eigenvalue weighted by Gasteiger charge is 2.05. The van der Waals surface area contributed by atoms with Crippen LogP contribution in [0.3, 0.4) is 0 Å². The van der Waals surface area contributed by atoms with Gasteiger partial charge in [-0.05, 0) is 25.0 Å². The first-order valence-corrected chi connectivity index (χ1v) is 6.24. The lowest BCUT2D eigenvalue weighted by molar-refractivity contribution is 0.783. The van der Waals surface area contributed by atoms with Crippen LogP contribution >= 0.6 is 0 Å². The van der Waals surface area contributed by atoms with Crippen LogP contribution in [0.5, 0.6) is 0 Å². The van der Waals surface area contributed by atoms with Crippen molar-refractivity contribution in [1.82, 2.24) is 9.97 Å². The van der Waals surface area contributed by atoms with Gasteiger partial charge in [0, 0.05) is 22.7 Å². The molecule has 0 aliphatic heterocycles. The number of hydrogen-bond donors (Lipinski definition) is 1. The summed E-state index contributed by atoms with van der Waals surface area (Å²) in [4.78, 5) is 7.98. The average molecular weight is 224 g/mol. The van der Waals surface area contributed by atoms with Gasteiger partial charge in [-0.15, -0.1) is 0 Å². The summed E-state index contributed by atoms with van der Waals surface area (Å²) in [6, 6.07) is 10.6. The molecule has 0 spiro atoms. The van der Waals surface area contributed by atoms with E-state index in [0.717, 1.165) is 11.9 Å². The maximum absolute atomic E-state index is 4.47. The third-order valence-corrected chi connectivity index (χ3v) is 3.22. The van der Waals surface area contributed by atoms with Crippen molar-refractivity contribution < 1.29 is 0 Å². The highest BCUT2D eigenvalue weighted by Crippen LogP contribution is 2.24. The Morgan fingerprint density at radius 2 is 2.06 bits per heavy atom. The van der Waals surface area contributed by atoms with E-state index in [1.54, 1.807) is 0 Å². The Kier molecular flexibility index (Phi) is 2.56. The third kappa shape index (κ3) is 1.80. The monoisotopic (exact) mass is 224 g/mol. The standard InChI is InChI=1S/C15H16N2/c1-2-3-6-13-10-12-8-7-11-5-4-9-16-14(11)15(12)17-13/h4-5,7-10,17H,2-3,6H2,1H3. The normalized spacial score (nSPS) is 11.4. The number of H-pyrrole nitrogens is 1. The number of aromatic amines is 1. The fourth-order valence-electron chi connectivity index (χ4n) is 2.30. The van der Waals surface area contributed by atoms with Crippen LogP contribution in [-0.4, -0.2) is 9.97 Å². The molecule has 0 atom stereocenters. The van der Waals surface area contributed by atoms with Gasteiger partial charge in [-0.3, -0.25) is 4.98 Å². The Hall–Kier alpha value is -1.83. The van der Waals surface area contributed by atoms with Gasteiger partial charge in [0.2, 0.25) is 0 Å². The van der Waals surface area contributed by atoms with Crippen molar-refractivity contribution in [2.45, 2.75) is 26.2 Å². The van der Waals surface area contributed by atoms with Crippen LogP contribution in [-0.2, 0) is 6.42 Å². The summed E-state index contributed by atoms with van der Waals surface area (Å²) in [5.74, 6) is 0. The van der Waals surface area contributed by atoms with Crippen LogP contribution in [0.25, 0.3) is 21.8 Å². The van der Waals surface area contributed by atoms with Crippen molar-refractivity contribution in [3.63, 3.8) is 0 Å². The maximum Gasteiger partial charge on any atom is 0.0942 e. The molecular formula is C15H16N2. The highest BCUT2D eigenvalue weighted by molar-refractivity contribution is 6.03. The number of nitrogens with one attached hydrogen (secondary N) is 1. The van der Waals surface area contributed by atoms with Crippen LogP contribution in [0.1, 0.15) is 25.5 Å². The van der Waals surface area contributed by atoms with Crippen LogP contribution in [0.15, 0.2) is 36.5 Å². The number of aromatic nitrogens is 2. The quantitative estimate of drug-likeness (QED) is 0.714. The summed E-state index contributed by atoms with van der Waals surface area (Å²) in [5, 5.41) is 2.46. The second-order valence-electron chi connectivity index (χ2n) is 4.50. The number of nitrogens with zero attached hydrogens (tertiary/aromatic N) is 1. The van der Waals surface area contributed by atoms with Gasteiger partial charge in [0.15, 0.2) is 0 Å². The fourth-order valence-corrected chi connectivity index (χ4v) is 2.30. The van der Waals surface area contributed by atoms with Crippen molar-refractivity contribution in [3.8, 4) is 0 Å². The molecule has 3 rings (SSSR count). The van der Waals surface area contributed by atoms with Crippen LogP contribution in [0, 0.1) is 0 Å². The van der Waals surface area contributed by atoms with Gasteiger partial charge in [0.25, 0.3) is 0 Å². The number of unbranched alkanes of at least 4 members (excludes halogenated alkanes) is 1. The van der Waals surface area contributed by atoms with E-state index in [4.69, 9.17) is 0 Å². The summed E-state index contributed by atoms with van der Waals surface area (Å²) in [6.45, 7) is 2.22.